The van der Waals surface area contributed by atoms with Gasteiger partial charge in [0.15, 0.2) is 0 Å². The number of aliphatic hydroxyl groups is 1. The van der Waals surface area contributed by atoms with Crippen LogP contribution in [0, 0.1) is 0 Å². The summed E-state index contributed by atoms with van der Waals surface area (Å²) >= 11 is 0. The molecule has 6 nitrogen and oxygen atoms in total. The molecule has 0 spiro atoms. The van der Waals surface area contributed by atoms with Crippen LogP contribution in [-0.2, 0) is 9.53 Å². The number of ether oxygens (including phenoxy) is 1. The molecule has 0 saturated carbocycles. The lowest BCUT2D eigenvalue weighted by Gasteiger charge is -2.26. The minimum absolute atomic E-state index is 0.234. The molecule has 0 aliphatic carbocycles. The summed E-state index contributed by atoms with van der Waals surface area (Å²) in [5.41, 5.74) is 5.59. The Morgan fingerprint density at radius 3 is 1.90 bits per heavy atom. The zero-order valence-electron chi connectivity index (χ0n) is 19.0. The number of hydrogen-bond donors (Lipinski definition) is 4. The van der Waals surface area contributed by atoms with Gasteiger partial charge < -0.3 is 20.7 Å². The molecule has 0 fully saturated rings. The van der Waals surface area contributed by atoms with Gasteiger partial charge in [0.25, 0.3) is 0 Å². The number of aliphatic carboxylic acids is 1. The van der Waals surface area contributed by atoms with Crippen molar-refractivity contribution in [3.8, 4) is 0 Å². The number of nitrogens with two attached hydrogens (primary N) is 1. The van der Waals surface area contributed by atoms with Crippen molar-refractivity contribution in [3.05, 3.63) is 0 Å². The SMILES string of the molecule is CCCCCCCCCCCCCCOC(CCCN)C(NCC(C)O)C(=O)O. The fourth-order valence-electron chi connectivity index (χ4n) is 3.52. The summed E-state index contributed by atoms with van der Waals surface area (Å²) in [4.78, 5) is 11.6. The minimum Gasteiger partial charge on any atom is -0.480 e. The van der Waals surface area contributed by atoms with Crippen LogP contribution in [0.5, 0.6) is 0 Å². The summed E-state index contributed by atoms with van der Waals surface area (Å²) in [6, 6.07) is -0.812. The van der Waals surface area contributed by atoms with Crippen LogP contribution in [0.4, 0.5) is 0 Å². The van der Waals surface area contributed by atoms with E-state index in [9.17, 15) is 15.0 Å². The predicted molar refractivity (Wildman–Crippen MR) is 120 cm³/mol. The molecule has 0 aliphatic heterocycles. The first-order chi connectivity index (χ1) is 14.0. The Kier molecular flexibility index (Phi) is 20.1. The van der Waals surface area contributed by atoms with Crippen molar-refractivity contribution in [3.63, 3.8) is 0 Å². The molecule has 3 unspecified atom stereocenters. The molecule has 0 radical (unpaired) electrons. The Bertz CT molecular complexity index is 367. The van der Waals surface area contributed by atoms with E-state index in [1.54, 1.807) is 6.92 Å². The van der Waals surface area contributed by atoms with Gasteiger partial charge in [-0.25, -0.2) is 0 Å². The quantitative estimate of drug-likeness (QED) is 0.197. The summed E-state index contributed by atoms with van der Waals surface area (Å²) in [5, 5.41) is 21.8. The molecule has 5 N–H and O–H groups in total. The van der Waals surface area contributed by atoms with Crippen LogP contribution in [0.25, 0.3) is 0 Å². The van der Waals surface area contributed by atoms with Crippen LogP contribution in [0.1, 0.15) is 104 Å². The van der Waals surface area contributed by atoms with Crippen LogP contribution in [0.3, 0.4) is 0 Å². The average Bonchev–Trinajstić information content (AvgIpc) is 2.68. The maximum Gasteiger partial charge on any atom is 0.323 e. The maximum atomic E-state index is 11.6. The van der Waals surface area contributed by atoms with Gasteiger partial charge in [0.05, 0.1) is 12.2 Å². The highest BCUT2D eigenvalue weighted by atomic mass is 16.5. The van der Waals surface area contributed by atoms with E-state index in [1.807, 2.05) is 0 Å². The van der Waals surface area contributed by atoms with Crippen molar-refractivity contribution in [2.24, 2.45) is 5.73 Å². The lowest BCUT2D eigenvalue weighted by Crippen LogP contribution is -2.49. The van der Waals surface area contributed by atoms with Gasteiger partial charge >= 0.3 is 5.97 Å². The molecule has 6 heteroatoms. The molecule has 0 aliphatic rings. The minimum atomic E-state index is -0.942. The Balaban J connectivity index is 3.88. The summed E-state index contributed by atoms with van der Waals surface area (Å²) in [7, 11) is 0. The van der Waals surface area contributed by atoms with Crippen LogP contribution in [0.15, 0.2) is 0 Å². The first kappa shape index (κ1) is 28.3. The third-order valence-electron chi connectivity index (χ3n) is 5.29. The van der Waals surface area contributed by atoms with E-state index in [0.29, 0.717) is 19.6 Å². The van der Waals surface area contributed by atoms with Gasteiger partial charge in [0.2, 0.25) is 0 Å². The molecule has 174 valence electrons. The molecule has 3 atom stereocenters. The standard InChI is InChI=1S/C23H48N2O4/c1-3-4-5-6-7-8-9-10-11-12-13-14-18-29-21(16-15-17-24)22(23(27)28)25-19-20(2)26/h20-22,25-26H,3-19,24H2,1-2H3,(H,27,28). The number of carbonyl (C=O) groups is 1. The highest BCUT2D eigenvalue weighted by Crippen LogP contribution is 2.13. The molecular weight excluding hydrogens is 368 g/mol. The van der Waals surface area contributed by atoms with Gasteiger partial charge in [-0.15, -0.1) is 0 Å². The summed E-state index contributed by atoms with van der Waals surface area (Å²) in [6.07, 6.45) is 15.8. The maximum absolute atomic E-state index is 11.6. The summed E-state index contributed by atoms with van der Waals surface area (Å²) < 4.78 is 5.91. The zero-order chi connectivity index (χ0) is 21.7. The first-order valence-electron chi connectivity index (χ1n) is 12.0. The van der Waals surface area contributed by atoms with E-state index in [2.05, 4.69) is 12.2 Å². The van der Waals surface area contributed by atoms with Crippen LogP contribution < -0.4 is 11.1 Å². The Hall–Kier alpha value is -0.690. The fraction of sp³-hybridized carbons (Fsp3) is 0.957. The molecule has 0 heterocycles. The van der Waals surface area contributed by atoms with E-state index in [-0.39, 0.29) is 6.54 Å². The van der Waals surface area contributed by atoms with Crippen LogP contribution >= 0.6 is 0 Å². The summed E-state index contributed by atoms with van der Waals surface area (Å²) in [5.74, 6) is -0.942. The number of unbranched alkanes of at least 4 members (excludes halogenated alkanes) is 11. The van der Waals surface area contributed by atoms with E-state index in [0.717, 1.165) is 19.3 Å². The summed E-state index contributed by atoms with van der Waals surface area (Å²) in [6.45, 7) is 5.21. The highest BCUT2D eigenvalue weighted by molar-refractivity contribution is 5.74. The predicted octanol–water partition coefficient (Wildman–Crippen LogP) is 4.24. The van der Waals surface area contributed by atoms with Gasteiger partial charge in [-0.3, -0.25) is 10.1 Å². The topological polar surface area (TPSA) is 105 Å². The van der Waals surface area contributed by atoms with Crippen molar-refractivity contribution in [1.29, 1.82) is 0 Å². The van der Waals surface area contributed by atoms with E-state index >= 15 is 0 Å². The molecule has 0 saturated heterocycles. The second-order valence-electron chi connectivity index (χ2n) is 8.30. The van der Waals surface area contributed by atoms with Crippen molar-refractivity contribution in [2.75, 3.05) is 19.7 Å². The third-order valence-corrected chi connectivity index (χ3v) is 5.29. The van der Waals surface area contributed by atoms with E-state index in [4.69, 9.17) is 10.5 Å². The van der Waals surface area contributed by atoms with Crippen molar-refractivity contribution in [1.82, 2.24) is 5.32 Å². The Morgan fingerprint density at radius 1 is 0.931 bits per heavy atom. The van der Waals surface area contributed by atoms with Gasteiger partial charge in [-0.2, -0.15) is 0 Å². The normalized spacial score (nSPS) is 14.6. The molecule has 0 aromatic carbocycles. The van der Waals surface area contributed by atoms with E-state index in [1.165, 1.54) is 64.2 Å². The molecule has 0 aromatic heterocycles. The van der Waals surface area contributed by atoms with Crippen LogP contribution in [-0.4, -0.2) is 54.1 Å². The zero-order valence-corrected chi connectivity index (χ0v) is 19.0. The molecule has 0 bridgehead atoms. The molecular formula is C23H48N2O4. The molecule has 29 heavy (non-hydrogen) atoms. The first-order valence-corrected chi connectivity index (χ1v) is 12.0. The number of nitrogens with one attached hydrogen (secondary N) is 1. The molecule has 0 amide bonds. The molecule has 0 aromatic rings. The largest absolute Gasteiger partial charge is 0.480 e. The van der Waals surface area contributed by atoms with Crippen molar-refractivity contribution in [2.45, 2.75) is 122 Å². The third kappa shape index (κ3) is 17.8. The fourth-order valence-corrected chi connectivity index (χ4v) is 3.52. The van der Waals surface area contributed by atoms with Crippen molar-refractivity contribution >= 4 is 5.97 Å². The van der Waals surface area contributed by atoms with Gasteiger partial charge in [-0.1, -0.05) is 77.6 Å². The average molecular weight is 417 g/mol. The number of carboxylic acids is 1. The number of carboxylic acid groups (broad SMARTS) is 1. The second-order valence-corrected chi connectivity index (χ2v) is 8.30. The lowest BCUT2D eigenvalue weighted by atomic mass is 10.0. The Labute approximate surface area is 179 Å². The number of rotatable bonds is 22. The van der Waals surface area contributed by atoms with Gasteiger partial charge in [0, 0.05) is 13.2 Å². The van der Waals surface area contributed by atoms with Gasteiger partial charge in [0.1, 0.15) is 6.04 Å². The number of aliphatic hydroxyl groups excluding tert-OH is 1. The van der Waals surface area contributed by atoms with Crippen molar-refractivity contribution < 1.29 is 19.7 Å². The van der Waals surface area contributed by atoms with E-state index < -0.39 is 24.2 Å². The van der Waals surface area contributed by atoms with Gasteiger partial charge in [-0.05, 0) is 32.7 Å². The second kappa shape index (κ2) is 20.6. The number of hydrogen-bond acceptors (Lipinski definition) is 5. The smallest absolute Gasteiger partial charge is 0.323 e. The Morgan fingerprint density at radius 2 is 1.45 bits per heavy atom. The monoisotopic (exact) mass is 416 g/mol. The lowest BCUT2D eigenvalue weighted by molar-refractivity contribution is -0.144. The highest BCUT2D eigenvalue weighted by Gasteiger charge is 2.28. The van der Waals surface area contributed by atoms with Crippen LogP contribution in [0.2, 0.25) is 0 Å². The molecule has 0 rings (SSSR count).